The van der Waals surface area contributed by atoms with Gasteiger partial charge in [0.05, 0.1) is 9.82 Å². The van der Waals surface area contributed by atoms with Crippen LogP contribution in [0.3, 0.4) is 0 Å². The number of piperazine rings is 1. The molecule has 1 aliphatic rings. The van der Waals surface area contributed by atoms with E-state index in [4.69, 9.17) is 5.73 Å². The van der Waals surface area contributed by atoms with E-state index in [-0.39, 0.29) is 23.0 Å². The third-order valence-corrected chi connectivity index (χ3v) is 6.25. The Kier molecular flexibility index (Phi) is 6.77. The normalized spacial score (nSPS) is 15.9. The first-order chi connectivity index (χ1) is 12.4. The fourth-order valence-electron chi connectivity index (χ4n) is 2.98. The smallest absolute Gasteiger partial charge is 0.270 e. The van der Waals surface area contributed by atoms with Gasteiger partial charge in [0.2, 0.25) is 10.0 Å². The molecule has 146 valence electrons. The van der Waals surface area contributed by atoms with E-state index in [1.165, 1.54) is 22.5 Å². The van der Waals surface area contributed by atoms with Crippen LogP contribution in [-0.2, 0) is 16.6 Å². The van der Waals surface area contributed by atoms with Crippen molar-refractivity contribution in [2.45, 2.75) is 11.4 Å². The van der Waals surface area contributed by atoms with E-state index in [2.05, 4.69) is 4.90 Å². The standard InChI is InChI=1S/C17H20N4O4S.ClH/c18-15-4-1-3-14(11-15)13-19-7-9-20(10-8-19)26(24,25)17-6-2-5-16(12-17)21(22)23;/h1-6,11-12H,7-10,13,18H2;1H. The molecule has 0 saturated carbocycles. The van der Waals surface area contributed by atoms with Gasteiger partial charge in [0.15, 0.2) is 0 Å². The summed E-state index contributed by atoms with van der Waals surface area (Å²) in [5.41, 5.74) is 7.34. The number of halogens is 1. The molecule has 2 N–H and O–H groups in total. The van der Waals surface area contributed by atoms with Crippen molar-refractivity contribution in [3.63, 3.8) is 0 Å². The maximum atomic E-state index is 12.7. The molecule has 0 spiro atoms. The van der Waals surface area contributed by atoms with Crippen LogP contribution in [0, 0.1) is 10.1 Å². The number of anilines is 1. The van der Waals surface area contributed by atoms with E-state index in [1.807, 2.05) is 24.3 Å². The topological polar surface area (TPSA) is 110 Å². The number of nitro groups is 1. The van der Waals surface area contributed by atoms with Gasteiger partial charge in [-0.1, -0.05) is 18.2 Å². The van der Waals surface area contributed by atoms with Crippen LogP contribution in [0.5, 0.6) is 0 Å². The van der Waals surface area contributed by atoms with Crippen molar-refractivity contribution < 1.29 is 13.3 Å². The molecule has 0 radical (unpaired) electrons. The first kappa shape index (κ1) is 21.1. The van der Waals surface area contributed by atoms with Gasteiger partial charge in [-0.25, -0.2) is 8.42 Å². The number of benzene rings is 2. The molecule has 0 aliphatic carbocycles. The monoisotopic (exact) mass is 412 g/mol. The minimum Gasteiger partial charge on any atom is -0.399 e. The summed E-state index contributed by atoms with van der Waals surface area (Å²) < 4.78 is 26.9. The highest BCUT2D eigenvalue weighted by atomic mass is 35.5. The third kappa shape index (κ3) is 4.95. The summed E-state index contributed by atoms with van der Waals surface area (Å²) in [5, 5.41) is 10.9. The number of hydrogen-bond acceptors (Lipinski definition) is 6. The molecular formula is C17H21ClN4O4S. The number of nitro benzene ring substituents is 1. The number of sulfonamides is 1. The van der Waals surface area contributed by atoms with Crippen molar-refractivity contribution in [2.75, 3.05) is 31.9 Å². The first-order valence-corrected chi connectivity index (χ1v) is 9.61. The van der Waals surface area contributed by atoms with Crippen molar-refractivity contribution in [1.82, 2.24) is 9.21 Å². The molecule has 0 aromatic heterocycles. The van der Waals surface area contributed by atoms with E-state index in [0.717, 1.165) is 11.6 Å². The molecule has 0 amide bonds. The molecule has 0 unspecified atom stereocenters. The van der Waals surface area contributed by atoms with Gasteiger partial charge in [-0.05, 0) is 23.8 Å². The van der Waals surface area contributed by atoms with E-state index < -0.39 is 14.9 Å². The van der Waals surface area contributed by atoms with Crippen molar-refractivity contribution in [3.05, 3.63) is 64.2 Å². The zero-order chi connectivity index (χ0) is 18.7. The Morgan fingerprint density at radius 1 is 1.04 bits per heavy atom. The SMILES string of the molecule is Cl.Nc1cccc(CN2CCN(S(=O)(=O)c3cccc([N+](=O)[O-])c3)CC2)c1. The van der Waals surface area contributed by atoms with Gasteiger partial charge in [0, 0.05) is 50.5 Å². The summed E-state index contributed by atoms with van der Waals surface area (Å²) in [6, 6.07) is 12.8. The highest BCUT2D eigenvalue weighted by Gasteiger charge is 2.29. The zero-order valence-corrected chi connectivity index (χ0v) is 16.2. The predicted octanol–water partition coefficient (Wildman–Crippen LogP) is 2.11. The van der Waals surface area contributed by atoms with Gasteiger partial charge in [-0.2, -0.15) is 4.31 Å². The summed E-state index contributed by atoms with van der Waals surface area (Å²) in [7, 11) is -3.74. The Labute approximate surface area is 164 Å². The zero-order valence-electron chi connectivity index (χ0n) is 14.5. The quantitative estimate of drug-likeness (QED) is 0.457. The average Bonchev–Trinajstić information content (AvgIpc) is 2.62. The largest absolute Gasteiger partial charge is 0.399 e. The molecule has 3 rings (SSSR count). The predicted molar refractivity (Wildman–Crippen MR) is 105 cm³/mol. The Hall–Kier alpha value is -2.20. The molecule has 1 heterocycles. The van der Waals surface area contributed by atoms with Crippen LogP contribution in [-0.4, -0.2) is 48.7 Å². The average molecular weight is 413 g/mol. The maximum Gasteiger partial charge on any atom is 0.270 e. The molecule has 0 bridgehead atoms. The molecule has 1 saturated heterocycles. The number of non-ortho nitro benzene ring substituents is 1. The Morgan fingerprint density at radius 3 is 2.33 bits per heavy atom. The Balaban J connectivity index is 0.00000261. The van der Waals surface area contributed by atoms with Crippen molar-refractivity contribution in [2.24, 2.45) is 0 Å². The van der Waals surface area contributed by atoms with E-state index in [9.17, 15) is 18.5 Å². The van der Waals surface area contributed by atoms with E-state index >= 15 is 0 Å². The molecular weight excluding hydrogens is 392 g/mol. The molecule has 2 aromatic rings. The number of nitrogens with two attached hydrogens (primary N) is 1. The van der Waals surface area contributed by atoms with Crippen LogP contribution in [0.1, 0.15) is 5.56 Å². The fourth-order valence-corrected chi connectivity index (χ4v) is 4.45. The summed E-state index contributed by atoms with van der Waals surface area (Å²) in [6.45, 7) is 2.56. The molecule has 1 fully saturated rings. The first-order valence-electron chi connectivity index (χ1n) is 8.17. The van der Waals surface area contributed by atoms with Gasteiger partial charge in [-0.3, -0.25) is 15.0 Å². The maximum absolute atomic E-state index is 12.7. The van der Waals surface area contributed by atoms with E-state index in [0.29, 0.717) is 38.4 Å². The fraction of sp³-hybridized carbons (Fsp3) is 0.294. The highest BCUT2D eigenvalue weighted by molar-refractivity contribution is 7.89. The number of rotatable bonds is 5. The molecule has 1 aliphatic heterocycles. The highest BCUT2D eigenvalue weighted by Crippen LogP contribution is 2.22. The Bertz CT molecular complexity index is 915. The van der Waals surface area contributed by atoms with Crippen molar-refractivity contribution in [1.29, 1.82) is 0 Å². The lowest BCUT2D eigenvalue weighted by Crippen LogP contribution is -2.48. The van der Waals surface area contributed by atoms with Crippen LogP contribution in [0.15, 0.2) is 53.4 Å². The lowest BCUT2D eigenvalue weighted by molar-refractivity contribution is -0.385. The summed E-state index contributed by atoms with van der Waals surface area (Å²) >= 11 is 0. The van der Waals surface area contributed by atoms with Crippen molar-refractivity contribution >= 4 is 33.8 Å². The van der Waals surface area contributed by atoms with Gasteiger partial charge in [-0.15, -0.1) is 12.4 Å². The Morgan fingerprint density at radius 2 is 1.70 bits per heavy atom. The van der Waals surface area contributed by atoms with Gasteiger partial charge < -0.3 is 5.73 Å². The third-order valence-electron chi connectivity index (χ3n) is 4.35. The molecule has 27 heavy (non-hydrogen) atoms. The number of nitrogen functional groups attached to an aromatic ring is 1. The second-order valence-electron chi connectivity index (χ2n) is 6.18. The minimum absolute atomic E-state index is 0. The van der Waals surface area contributed by atoms with E-state index in [1.54, 1.807) is 0 Å². The van der Waals surface area contributed by atoms with Crippen LogP contribution >= 0.6 is 12.4 Å². The molecule has 8 nitrogen and oxygen atoms in total. The van der Waals surface area contributed by atoms with Gasteiger partial charge >= 0.3 is 0 Å². The van der Waals surface area contributed by atoms with Gasteiger partial charge in [0.1, 0.15) is 0 Å². The summed E-state index contributed by atoms with van der Waals surface area (Å²) in [6.07, 6.45) is 0. The summed E-state index contributed by atoms with van der Waals surface area (Å²) in [4.78, 5) is 12.4. The van der Waals surface area contributed by atoms with Crippen molar-refractivity contribution in [3.8, 4) is 0 Å². The second kappa shape index (κ2) is 8.66. The second-order valence-corrected chi connectivity index (χ2v) is 8.12. The van der Waals surface area contributed by atoms with Crippen LogP contribution in [0.2, 0.25) is 0 Å². The molecule has 10 heteroatoms. The molecule has 0 atom stereocenters. The molecule has 2 aromatic carbocycles. The lowest BCUT2D eigenvalue weighted by Gasteiger charge is -2.34. The van der Waals surface area contributed by atoms with Gasteiger partial charge in [0.25, 0.3) is 5.69 Å². The number of nitrogens with zero attached hydrogens (tertiary/aromatic N) is 3. The summed E-state index contributed by atoms with van der Waals surface area (Å²) in [5.74, 6) is 0. The lowest BCUT2D eigenvalue weighted by atomic mass is 10.2. The van der Waals surface area contributed by atoms with Crippen LogP contribution < -0.4 is 5.73 Å². The minimum atomic E-state index is -3.74. The number of hydrogen-bond donors (Lipinski definition) is 1. The van der Waals surface area contributed by atoms with Crippen LogP contribution in [0.25, 0.3) is 0 Å². The van der Waals surface area contributed by atoms with Crippen LogP contribution in [0.4, 0.5) is 11.4 Å².